The summed E-state index contributed by atoms with van der Waals surface area (Å²) in [5.74, 6) is -1.72. The van der Waals surface area contributed by atoms with Gasteiger partial charge in [-0.1, -0.05) is 18.2 Å². The maximum Gasteiger partial charge on any atom is 0.353 e. The highest BCUT2D eigenvalue weighted by atomic mass is 32.2. The number of nitrogens with zero attached hydrogens (tertiary/aromatic N) is 1. The van der Waals surface area contributed by atoms with Crippen molar-refractivity contribution in [1.82, 2.24) is 4.90 Å². The maximum absolute atomic E-state index is 12.5. The van der Waals surface area contributed by atoms with Crippen molar-refractivity contribution in [2.75, 3.05) is 0 Å². The van der Waals surface area contributed by atoms with Crippen LogP contribution in [0.25, 0.3) is 0 Å². The number of carboxylic acids is 1. The molecular formula is C13H11NO5S. The Hall–Kier alpha value is -2.15. The molecule has 2 heterocycles. The van der Waals surface area contributed by atoms with Gasteiger partial charge in [0.1, 0.15) is 5.70 Å². The Morgan fingerprint density at radius 1 is 1.20 bits per heavy atom. The van der Waals surface area contributed by atoms with Crippen molar-refractivity contribution >= 4 is 21.7 Å². The summed E-state index contributed by atoms with van der Waals surface area (Å²) in [5.41, 5.74) is -0.393. The van der Waals surface area contributed by atoms with Crippen LogP contribution in [0.3, 0.4) is 0 Å². The van der Waals surface area contributed by atoms with Gasteiger partial charge in [-0.2, -0.15) is 0 Å². The van der Waals surface area contributed by atoms with E-state index >= 15 is 0 Å². The molecule has 1 fully saturated rings. The first-order valence-electron chi connectivity index (χ1n) is 6.01. The second kappa shape index (κ2) is 4.17. The Kier molecular flexibility index (Phi) is 2.68. The third kappa shape index (κ3) is 1.66. The summed E-state index contributed by atoms with van der Waals surface area (Å²) in [6.45, 7) is 0. The average molecular weight is 293 g/mol. The van der Waals surface area contributed by atoms with Gasteiger partial charge >= 0.3 is 5.97 Å². The summed E-state index contributed by atoms with van der Waals surface area (Å²) in [7, 11) is -3.88. The molecule has 2 aliphatic heterocycles. The lowest BCUT2D eigenvalue weighted by atomic mass is 10.0. The second-order valence-electron chi connectivity index (χ2n) is 4.72. The fraction of sp³-hybridized carbons (Fsp3) is 0.231. The van der Waals surface area contributed by atoms with Crippen LogP contribution < -0.4 is 0 Å². The molecule has 104 valence electrons. The number of hydrogen-bond acceptors (Lipinski definition) is 4. The number of amides is 1. The van der Waals surface area contributed by atoms with Crippen molar-refractivity contribution in [1.29, 1.82) is 0 Å². The van der Waals surface area contributed by atoms with Crippen molar-refractivity contribution < 1.29 is 23.1 Å². The molecule has 0 radical (unpaired) electrons. The van der Waals surface area contributed by atoms with Gasteiger partial charge in [-0.3, -0.25) is 4.79 Å². The quantitative estimate of drug-likeness (QED) is 0.831. The summed E-state index contributed by atoms with van der Waals surface area (Å²) in [6, 6.07) is 7.32. The third-order valence-electron chi connectivity index (χ3n) is 3.55. The molecule has 0 aromatic heterocycles. The molecule has 2 aliphatic rings. The van der Waals surface area contributed by atoms with Crippen LogP contribution in [0.5, 0.6) is 0 Å². The number of β-lactam (4-membered cyclic amide) rings is 1. The molecule has 0 bridgehead atoms. The zero-order chi connectivity index (χ0) is 14.5. The Morgan fingerprint density at radius 2 is 1.85 bits per heavy atom. The molecule has 3 rings (SSSR count). The van der Waals surface area contributed by atoms with Crippen molar-refractivity contribution in [2.24, 2.45) is 0 Å². The highest BCUT2D eigenvalue weighted by Crippen LogP contribution is 2.42. The van der Waals surface area contributed by atoms with Crippen molar-refractivity contribution in [3.63, 3.8) is 0 Å². The lowest BCUT2D eigenvalue weighted by molar-refractivity contribution is -0.147. The number of rotatable bonds is 3. The summed E-state index contributed by atoms with van der Waals surface area (Å²) in [4.78, 5) is 23.7. The lowest BCUT2D eigenvalue weighted by Gasteiger charge is -2.34. The van der Waals surface area contributed by atoms with Crippen LogP contribution >= 0.6 is 0 Å². The number of fused-ring (bicyclic) bond motifs is 1. The minimum Gasteiger partial charge on any atom is -0.477 e. The SMILES string of the molecule is O=C(O)C1=C(S(=O)(=O)c2ccccc2)CC2CC(=O)N12. The molecule has 1 aromatic carbocycles. The predicted octanol–water partition coefficient (Wildman–Crippen LogP) is 0.761. The van der Waals surface area contributed by atoms with Crippen LogP contribution in [-0.2, 0) is 19.4 Å². The zero-order valence-electron chi connectivity index (χ0n) is 10.3. The zero-order valence-corrected chi connectivity index (χ0v) is 11.1. The van der Waals surface area contributed by atoms with E-state index in [-0.39, 0.29) is 34.6 Å². The number of sulfone groups is 1. The van der Waals surface area contributed by atoms with Gasteiger partial charge < -0.3 is 10.0 Å². The van der Waals surface area contributed by atoms with E-state index in [1.165, 1.54) is 12.1 Å². The molecule has 1 N–H and O–H groups in total. The Balaban J connectivity index is 2.15. The minimum atomic E-state index is -3.88. The molecule has 1 atom stereocenters. The molecule has 0 spiro atoms. The van der Waals surface area contributed by atoms with Gasteiger partial charge in [0.25, 0.3) is 0 Å². The van der Waals surface area contributed by atoms with Gasteiger partial charge in [-0.05, 0) is 12.1 Å². The summed E-state index contributed by atoms with van der Waals surface area (Å²) < 4.78 is 25.0. The van der Waals surface area contributed by atoms with Crippen LogP contribution in [0.2, 0.25) is 0 Å². The molecule has 6 nitrogen and oxygen atoms in total. The molecule has 0 aliphatic carbocycles. The van der Waals surface area contributed by atoms with Crippen molar-refractivity contribution in [3.05, 3.63) is 40.9 Å². The number of carbonyl (C=O) groups is 2. The first kappa shape index (κ1) is 12.9. The standard InChI is InChI=1S/C13H11NO5S/c15-11-7-8-6-10(12(13(16)17)14(8)11)20(18,19)9-4-2-1-3-5-9/h1-5,8H,6-7H2,(H,16,17). The largest absolute Gasteiger partial charge is 0.477 e. The van der Waals surface area contributed by atoms with E-state index in [0.29, 0.717) is 0 Å². The molecule has 20 heavy (non-hydrogen) atoms. The molecule has 1 aromatic rings. The fourth-order valence-corrected chi connectivity index (χ4v) is 4.25. The number of carboxylic acid groups (broad SMARTS) is 1. The summed E-state index contributed by atoms with van der Waals surface area (Å²) >= 11 is 0. The summed E-state index contributed by atoms with van der Waals surface area (Å²) in [5, 5.41) is 9.22. The number of benzene rings is 1. The van der Waals surface area contributed by atoms with E-state index in [2.05, 4.69) is 0 Å². The number of aliphatic carboxylic acids is 1. The molecule has 1 amide bonds. The first-order chi connectivity index (χ1) is 9.43. The Labute approximate surface area is 115 Å². The first-order valence-corrected chi connectivity index (χ1v) is 7.50. The van der Waals surface area contributed by atoms with Gasteiger partial charge in [-0.25, -0.2) is 13.2 Å². The number of carbonyl (C=O) groups excluding carboxylic acids is 1. The molecular weight excluding hydrogens is 282 g/mol. The normalized spacial score (nSPS) is 21.7. The Bertz CT molecular complexity index is 735. The monoisotopic (exact) mass is 293 g/mol. The second-order valence-corrected chi connectivity index (χ2v) is 6.69. The van der Waals surface area contributed by atoms with Gasteiger partial charge in [0, 0.05) is 12.8 Å². The van der Waals surface area contributed by atoms with Crippen molar-refractivity contribution in [2.45, 2.75) is 23.8 Å². The smallest absolute Gasteiger partial charge is 0.353 e. The maximum atomic E-state index is 12.5. The van der Waals surface area contributed by atoms with E-state index in [0.717, 1.165) is 4.90 Å². The van der Waals surface area contributed by atoms with E-state index in [9.17, 15) is 23.1 Å². The van der Waals surface area contributed by atoms with E-state index < -0.39 is 21.5 Å². The fourth-order valence-electron chi connectivity index (χ4n) is 2.60. The van der Waals surface area contributed by atoms with E-state index in [4.69, 9.17) is 0 Å². The van der Waals surface area contributed by atoms with Crippen LogP contribution in [0, 0.1) is 0 Å². The highest BCUT2D eigenvalue weighted by molar-refractivity contribution is 7.95. The van der Waals surface area contributed by atoms with E-state index in [1.807, 2.05) is 0 Å². The number of hydrogen-bond donors (Lipinski definition) is 1. The molecule has 0 saturated carbocycles. The molecule has 1 unspecified atom stereocenters. The topological polar surface area (TPSA) is 91.7 Å². The van der Waals surface area contributed by atoms with Gasteiger partial charge in [0.05, 0.1) is 15.8 Å². The predicted molar refractivity (Wildman–Crippen MR) is 68.2 cm³/mol. The minimum absolute atomic E-state index is 0.0451. The van der Waals surface area contributed by atoms with Crippen LogP contribution in [-0.4, -0.2) is 36.3 Å². The lowest BCUT2D eigenvalue weighted by Crippen LogP contribution is -2.49. The van der Waals surface area contributed by atoms with Crippen LogP contribution in [0.1, 0.15) is 12.8 Å². The molecule has 7 heteroatoms. The van der Waals surface area contributed by atoms with Gasteiger partial charge in [0.2, 0.25) is 15.7 Å². The van der Waals surface area contributed by atoms with Crippen LogP contribution in [0.4, 0.5) is 0 Å². The Morgan fingerprint density at radius 3 is 2.40 bits per heavy atom. The average Bonchev–Trinajstić information content (AvgIpc) is 2.73. The van der Waals surface area contributed by atoms with Crippen LogP contribution in [0.15, 0.2) is 45.8 Å². The molecule has 1 saturated heterocycles. The van der Waals surface area contributed by atoms with Crippen molar-refractivity contribution in [3.8, 4) is 0 Å². The summed E-state index contributed by atoms with van der Waals surface area (Å²) in [6.07, 6.45) is 0.273. The van der Waals surface area contributed by atoms with Gasteiger partial charge in [0.15, 0.2) is 0 Å². The third-order valence-corrected chi connectivity index (χ3v) is 5.45. The highest BCUT2D eigenvalue weighted by Gasteiger charge is 2.50. The van der Waals surface area contributed by atoms with E-state index in [1.54, 1.807) is 18.2 Å². The van der Waals surface area contributed by atoms with Gasteiger partial charge in [-0.15, -0.1) is 0 Å².